The van der Waals surface area contributed by atoms with Crippen LogP contribution in [-0.4, -0.2) is 37.9 Å². The van der Waals surface area contributed by atoms with Crippen molar-refractivity contribution in [3.63, 3.8) is 0 Å². The molecule has 138 valence electrons. The Morgan fingerprint density at radius 1 is 1.22 bits per heavy atom. The highest BCUT2D eigenvalue weighted by Crippen LogP contribution is 2.49. The highest BCUT2D eigenvalue weighted by Gasteiger charge is 2.53. The maximum atomic E-state index is 12.1. The van der Waals surface area contributed by atoms with E-state index in [2.05, 4.69) is 9.97 Å². The maximum Gasteiger partial charge on any atom is 0.353 e. The Balaban J connectivity index is 1.74. The summed E-state index contributed by atoms with van der Waals surface area (Å²) >= 11 is 1.28. The molecule has 1 amide bonds. The smallest absolute Gasteiger partial charge is 0.353 e. The fourth-order valence-corrected chi connectivity index (χ4v) is 5.04. The van der Waals surface area contributed by atoms with E-state index in [1.165, 1.54) is 16.7 Å². The largest absolute Gasteiger partial charge is 0.477 e. The quantitative estimate of drug-likeness (QED) is 0.633. The van der Waals surface area contributed by atoms with Gasteiger partial charge in [0, 0.05) is 28.6 Å². The first kappa shape index (κ1) is 17.7. The lowest BCUT2D eigenvalue weighted by Gasteiger charge is -2.38. The van der Waals surface area contributed by atoms with Crippen LogP contribution in [-0.2, 0) is 16.0 Å². The first-order valence-electron chi connectivity index (χ1n) is 8.77. The second-order valence-electron chi connectivity index (χ2n) is 6.88. The summed E-state index contributed by atoms with van der Waals surface area (Å²) in [7, 11) is 0. The third kappa shape index (κ3) is 3.23. The number of aryl methyl sites for hydroxylation is 2. The lowest BCUT2D eigenvalue weighted by atomic mass is 9.87. The van der Waals surface area contributed by atoms with E-state index in [0.717, 1.165) is 17.0 Å². The van der Waals surface area contributed by atoms with E-state index in [4.69, 9.17) is 0 Å². The number of carboxylic acid groups (broad SMARTS) is 1. The van der Waals surface area contributed by atoms with Crippen molar-refractivity contribution in [2.45, 2.75) is 37.9 Å². The van der Waals surface area contributed by atoms with Crippen LogP contribution in [0.15, 0.2) is 52.2 Å². The number of amides is 1. The van der Waals surface area contributed by atoms with E-state index in [1.807, 2.05) is 50.2 Å². The summed E-state index contributed by atoms with van der Waals surface area (Å²) in [5, 5.41) is 10.3. The minimum absolute atomic E-state index is 0.0642. The van der Waals surface area contributed by atoms with Crippen LogP contribution in [0.3, 0.4) is 0 Å². The predicted molar refractivity (Wildman–Crippen MR) is 101 cm³/mol. The van der Waals surface area contributed by atoms with Crippen LogP contribution < -0.4 is 0 Å². The van der Waals surface area contributed by atoms with Crippen molar-refractivity contribution in [1.82, 2.24) is 14.9 Å². The Kier molecular flexibility index (Phi) is 4.47. The predicted octanol–water partition coefficient (Wildman–Crippen LogP) is 2.96. The first-order chi connectivity index (χ1) is 12.9. The molecule has 6 nitrogen and oxygen atoms in total. The van der Waals surface area contributed by atoms with Crippen LogP contribution in [0.5, 0.6) is 0 Å². The van der Waals surface area contributed by atoms with Crippen LogP contribution in [0, 0.1) is 19.8 Å². The van der Waals surface area contributed by atoms with Gasteiger partial charge in [0.15, 0.2) is 5.16 Å². The summed E-state index contributed by atoms with van der Waals surface area (Å²) in [6, 6.07) is 11.7. The second kappa shape index (κ2) is 6.81. The van der Waals surface area contributed by atoms with Gasteiger partial charge in [-0.1, -0.05) is 42.1 Å². The van der Waals surface area contributed by atoms with Crippen molar-refractivity contribution in [2.75, 3.05) is 0 Å². The van der Waals surface area contributed by atoms with Crippen LogP contribution in [0.25, 0.3) is 0 Å². The summed E-state index contributed by atoms with van der Waals surface area (Å²) in [6.45, 7) is 3.77. The third-order valence-electron chi connectivity index (χ3n) is 4.92. The van der Waals surface area contributed by atoms with Crippen LogP contribution in [0.4, 0.5) is 0 Å². The number of β-lactam (4-membered cyclic amide) rings is 1. The summed E-state index contributed by atoms with van der Waals surface area (Å²) in [5.74, 6) is -1.27. The zero-order valence-electron chi connectivity index (χ0n) is 15.0. The highest BCUT2D eigenvalue weighted by atomic mass is 32.2. The SMILES string of the molecule is Cc1cc(C)nc(SC2=C(C(=O)O)N3C(=O)CC3C2Cc2ccccc2)n1. The number of carboxylic acids is 1. The van der Waals surface area contributed by atoms with Crippen molar-refractivity contribution in [2.24, 2.45) is 5.92 Å². The summed E-state index contributed by atoms with van der Waals surface area (Å²) in [4.78, 5) is 35.1. The number of hydrogen-bond acceptors (Lipinski definition) is 5. The molecule has 27 heavy (non-hydrogen) atoms. The number of thioether (sulfide) groups is 1. The molecule has 0 spiro atoms. The molecule has 1 N–H and O–H groups in total. The number of carbonyl (C=O) groups excluding carboxylic acids is 1. The van der Waals surface area contributed by atoms with Gasteiger partial charge in [0.25, 0.3) is 0 Å². The number of aliphatic carboxylic acids is 1. The molecule has 0 radical (unpaired) electrons. The summed E-state index contributed by atoms with van der Waals surface area (Å²) in [5.41, 5.74) is 2.87. The molecule has 3 heterocycles. The van der Waals surface area contributed by atoms with Crippen molar-refractivity contribution in [3.05, 3.63) is 64.0 Å². The van der Waals surface area contributed by atoms with Gasteiger partial charge in [-0.15, -0.1) is 0 Å². The zero-order chi connectivity index (χ0) is 19.1. The molecule has 7 heteroatoms. The Morgan fingerprint density at radius 2 is 1.89 bits per heavy atom. The van der Waals surface area contributed by atoms with Gasteiger partial charge in [0.2, 0.25) is 5.91 Å². The van der Waals surface area contributed by atoms with Crippen molar-refractivity contribution < 1.29 is 14.7 Å². The molecule has 1 aromatic carbocycles. The van der Waals surface area contributed by atoms with E-state index in [1.54, 1.807) is 0 Å². The van der Waals surface area contributed by atoms with E-state index in [0.29, 0.717) is 22.9 Å². The minimum atomic E-state index is -1.07. The lowest BCUT2D eigenvalue weighted by Crippen LogP contribution is -2.52. The number of nitrogens with zero attached hydrogens (tertiary/aromatic N) is 3. The maximum absolute atomic E-state index is 12.1. The average Bonchev–Trinajstić information content (AvgIpc) is 2.84. The van der Waals surface area contributed by atoms with Crippen molar-refractivity contribution in [3.8, 4) is 0 Å². The molecule has 1 aromatic heterocycles. The average molecular weight is 381 g/mol. The van der Waals surface area contributed by atoms with Gasteiger partial charge in [0.05, 0.1) is 6.04 Å². The fraction of sp³-hybridized carbons (Fsp3) is 0.300. The number of rotatable bonds is 5. The monoisotopic (exact) mass is 381 g/mol. The lowest BCUT2D eigenvalue weighted by molar-refractivity contribution is -0.148. The van der Waals surface area contributed by atoms with Crippen LogP contribution in [0.1, 0.15) is 23.4 Å². The number of aromatic nitrogens is 2. The van der Waals surface area contributed by atoms with Crippen molar-refractivity contribution in [1.29, 1.82) is 0 Å². The molecule has 1 fully saturated rings. The van der Waals surface area contributed by atoms with Crippen LogP contribution in [0.2, 0.25) is 0 Å². The molecule has 2 atom stereocenters. The molecular weight excluding hydrogens is 362 g/mol. The van der Waals surface area contributed by atoms with Gasteiger partial charge in [-0.3, -0.25) is 4.79 Å². The van der Waals surface area contributed by atoms with E-state index in [9.17, 15) is 14.7 Å². The molecule has 0 aliphatic carbocycles. The molecule has 4 rings (SSSR count). The molecule has 2 unspecified atom stereocenters. The van der Waals surface area contributed by atoms with E-state index in [-0.39, 0.29) is 23.6 Å². The van der Waals surface area contributed by atoms with Crippen molar-refractivity contribution >= 4 is 23.6 Å². The summed E-state index contributed by atoms with van der Waals surface area (Å²) in [6.07, 6.45) is 1.06. The summed E-state index contributed by atoms with van der Waals surface area (Å²) < 4.78 is 0. The highest BCUT2D eigenvalue weighted by molar-refractivity contribution is 8.03. The Morgan fingerprint density at radius 3 is 2.48 bits per heavy atom. The molecular formula is C20H19N3O3S. The van der Waals surface area contributed by atoms with Gasteiger partial charge in [0.1, 0.15) is 5.70 Å². The normalized spacial score (nSPS) is 21.3. The van der Waals surface area contributed by atoms with Gasteiger partial charge in [-0.05, 0) is 31.9 Å². The zero-order valence-corrected chi connectivity index (χ0v) is 15.9. The Hall–Kier alpha value is -2.67. The molecule has 2 aromatic rings. The number of hydrogen-bond donors (Lipinski definition) is 1. The molecule has 2 aliphatic rings. The molecule has 0 saturated carbocycles. The fourth-order valence-electron chi connectivity index (χ4n) is 3.79. The minimum Gasteiger partial charge on any atom is -0.477 e. The van der Waals surface area contributed by atoms with Gasteiger partial charge in [-0.25, -0.2) is 14.8 Å². The third-order valence-corrected chi connectivity index (χ3v) is 6.00. The number of carbonyl (C=O) groups is 2. The van der Waals surface area contributed by atoms with E-state index < -0.39 is 5.97 Å². The van der Waals surface area contributed by atoms with Gasteiger partial charge >= 0.3 is 5.97 Å². The number of fused-ring (bicyclic) bond motifs is 1. The standard InChI is InChI=1S/C20H19N3O3S/c1-11-8-12(2)22-20(21-11)27-18-14(9-13-6-4-3-5-7-13)15-10-16(24)23(15)17(18)19(25)26/h3-8,14-15H,9-10H2,1-2H3,(H,25,26). The molecule has 1 saturated heterocycles. The Bertz CT molecular complexity index is 938. The van der Waals surface area contributed by atoms with E-state index >= 15 is 0 Å². The van der Waals surface area contributed by atoms with Crippen LogP contribution >= 0.6 is 11.8 Å². The number of benzene rings is 1. The van der Waals surface area contributed by atoms with Gasteiger partial charge < -0.3 is 10.0 Å². The van der Waals surface area contributed by atoms with Gasteiger partial charge in [-0.2, -0.15) is 0 Å². The first-order valence-corrected chi connectivity index (χ1v) is 9.59. The molecule has 0 bridgehead atoms. The molecule has 2 aliphatic heterocycles. The second-order valence-corrected chi connectivity index (χ2v) is 7.89. The topological polar surface area (TPSA) is 83.4 Å². The Labute approximate surface area is 161 Å².